The molecule has 0 aromatic heterocycles. The van der Waals surface area contributed by atoms with Gasteiger partial charge in [-0.1, -0.05) is 28.1 Å². The van der Waals surface area contributed by atoms with E-state index in [1.54, 1.807) is 31.2 Å². The van der Waals surface area contributed by atoms with Crippen LogP contribution in [0.2, 0.25) is 0 Å². The number of nitrogens with two attached hydrogens (primary N) is 1. The van der Waals surface area contributed by atoms with E-state index in [0.717, 1.165) is 4.47 Å². The van der Waals surface area contributed by atoms with Gasteiger partial charge in [0, 0.05) is 17.6 Å². The summed E-state index contributed by atoms with van der Waals surface area (Å²) in [7, 11) is -5.97. The van der Waals surface area contributed by atoms with Gasteiger partial charge >= 0.3 is 0 Å². The Morgan fingerprint density at radius 1 is 0.917 bits per heavy atom. The molecule has 0 amide bonds. The molecular formula is C15H17BrN2O4S2. The van der Waals surface area contributed by atoms with Crippen LogP contribution in [0.1, 0.15) is 18.5 Å². The van der Waals surface area contributed by atoms with Crippen molar-refractivity contribution in [2.24, 2.45) is 5.14 Å². The van der Waals surface area contributed by atoms with Gasteiger partial charge in [-0.2, -0.15) is 4.31 Å². The van der Waals surface area contributed by atoms with Gasteiger partial charge in [-0.25, -0.2) is 22.0 Å². The monoisotopic (exact) mass is 432 g/mol. The van der Waals surface area contributed by atoms with Crippen LogP contribution in [0.3, 0.4) is 0 Å². The quantitative estimate of drug-likeness (QED) is 0.784. The van der Waals surface area contributed by atoms with Gasteiger partial charge in [0.1, 0.15) is 0 Å². The van der Waals surface area contributed by atoms with Gasteiger partial charge in [0.25, 0.3) is 0 Å². The van der Waals surface area contributed by atoms with E-state index >= 15 is 0 Å². The van der Waals surface area contributed by atoms with Gasteiger partial charge in [-0.3, -0.25) is 0 Å². The Balaban J connectivity index is 2.31. The van der Waals surface area contributed by atoms with Crippen LogP contribution in [0.15, 0.2) is 62.8 Å². The lowest BCUT2D eigenvalue weighted by molar-refractivity contribution is 0.398. The SMILES string of the molecule is C[C@H](c1ccc(S(N)(=O)=O)cc1)N(C)S(=O)(=O)c1ccc(Br)cc1. The highest BCUT2D eigenvalue weighted by Gasteiger charge is 2.26. The molecule has 0 saturated heterocycles. The topological polar surface area (TPSA) is 97.5 Å². The van der Waals surface area contributed by atoms with Crippen LogP contribution >= 0.6 is 15.9 Å². The number of benzene rings is 2. The molecule has 2 N–H and O–H groups in total. The largest absolute Gasteiger partial charge is 0.243 e. The van der Waals surface area contributed by atoms with E-state index in [0.29, 0.717) is 5.56 Å². The van der Waals surface area contributed by atoms with Gasteiger partial charge in [0.05, 0.1) is 9.79 Å². The third kappa shape index (κ3) is 4.04. The van der Waals surface area contributed by atoms with Crippen molar-refractivity contribution in [1.29, 1.82) is 0 Å². The summed E-state index contributed by atoms with van der Waals surface area (Å²) in [6.45, 7) is 1.72. The third-order valence-corrected chi connectivity index (χ3v) is 7.13. The van der Waals surface area contributed by atoms with Crippen molar-refractivity contribution in [3.05, 3.63) is 58.6 Å². The summed E-state index contributed by atoms with van der Waals surface area (Å²) in [6.07, 6.45) is 0. The third-order valence-electron chi connectivity index (χ3n) is 3.73. The lowest BCUT2D eigenvalue weighted by Crippen LogP contribution is -2.29. The van der Waals surface area contributed by atoms with Crippen LogP contribution < -0.4 is 5.14 Å². The molecule has 0 aliphatic carbocycles. The maximum absolute atomic E-state index is 12.7. The van der Waals surface area contributed by atoms with Crippen molar-refractivity contribution >= 4 is 36.0 Å². The maximum Gasteiger partial charge on any atom is 0.243 e. The maximum atomic E-state index is 12.7. The molecule has 0 spiro atoms. The summed E-state index contributed by atoms with van der Waals surface area (Å²) < 4.78 is 50.0. The number of hydrogen-bond acceptors (Lipinski definition) is 4. The Morgan fingerprint density at radius 3 is 1.83 bits per heavy atom. The zero-order valence-electron chi connectivity index (χ0n) is 13.0. The summed E-state index contributed by atoms with van der Waals surface area (Å²) in [5.41, 5.74) is 0.658. The Morgan fingerprint density at radius 2 is 1.38 bits per heavy atom. The van der Waals surface area contributed by atoms with Gasteiger partial charge < -0.3 is 0 Å². The van der Waals surface area contributed by atoms with E-state index in [1.807, 2.05) is 0 Å². The Hall–Kier alpha value is -1.26. The van der Waals surface area contributed by atoms with E-state index < -0.39 is 26.1 Å². The van der Waals surface area contributed by atoms with Crippen molar-refractivity contribution in [3.63, 3.8) is 0 Å². The minimum absolute atomic E-state index is 0.0168. The zero-order valence-corrected chi connectivity index (χ0v) is 16.3. The molecule has 0 heterocycles. The molecule has 24 heavy (non-hydrogen) atoms. The summed E-state index contributed by atoms with van der Waals surface area (Å²) in [4.78, 5) is 0.165. The molecule has 2 rings (SSSR count). The first-order valence-corrected chi connectivity index (χ1v) is 10.7. The van der Waals surface area contributed by atoms with E-state index in [2.05, 4.69) is 15.9 Å². The van der Waals surface area contributed by atoms with Crippen LogP contribution in [-0.2, 0) is 20.0 Å². The first-order valence-electron chi connectivity index (χ1n) is 6.90. The van der Waals surface area contributed by atoms with Crippen molar-refractivity contribution in [1.82, 2.24) is 4.31 Å². The van der Waals surface area contributed by atoms with E-state index in [4.69, 9.17) is 5.14 Å². The number of hydrogen-bond donors (Lipinski definition) is 1. The van der Waals surface area contributed by atoms with Crippen LogP contribution in [0, 0.1) is 0 Å². The normalized spacial score (nSPS) is 13.9. The Bertz CT molecular complexity index is 924. The molecule has 0 radical (unpaired) electrons. The van der Waals surface area contributed by atoms with Crippen LogP contribution in [-0.4, -0.2) is 28.2 Å². The number of primary sulfonamides is 1. The second-order valence-electron chi connectivity index (χ2n) is 5.27. The second-order valence-corrected chi connectivity index (χ2v) is 9.74. The number of nitrogens with zero attached hydrogens (tertiary/aromatic N) is 1. The first-order chi connectivity index (χ1) is 11.0. The molecule has 0 unspecified atom stereocenters. The fraction of sp³-hybridized carbons (Fsp3) is 0.200. The highest BCUT2D eigenvalue weighted by Crippen LogP contribution is 2.27. The molecule has 6 nitrogen and oxygen atoms in total. The predicted octanol–water partition coefficient (Wildman–Crippen LogP) is 2.48. The molecule has 130 valence electrons. The Labute approximate surface area is 150 Å². The summed E-state index contributed by atoms with van der Waals surface area (Å²) in [5.74, 6) is 0. The van der Waals surface area contributed by atoms with Gasteiger partial charge in [-0.05, 0) is 48.9 Å². The predicted molar refractivity (Wildman–Crippen MR) is 95.3 cm³/mol. The summed E-state index contributed by atoms with van der Waals surface area (Å²) in [6, 6.07) is 11.7. The minimum atomic E-state index is -3.78. The number of halogens is 1. The fourth-order valence-electron chi connectivity index (χ4n) is 2.13. The van der Waals surface area contributed by atoms with E-state index in [1.165, 1.54) is 35.6 Å². The second kappa shape index (κ2) is 6.93. The molecule has 9 heteroatoms. The number of sulfonamides is 2. The Kier molecular flexibility index (Phi) is 5.50. The average molecular weight is 433 g/mol. The van der Waals surface area contributed by atoms with Crippen molar-refractivity contribution in [3.8, 4) is 0 Å². The molecule has 2 aromatic carbocycles. The van der Waals surface area contributed by atoms with Crippen LogP contribution in [0.5, 0.6) is 0 Å². The fourth-order valence-corrected chi connectivity index (χ4v) is 4.26. The molecular weight excluding hydrogens is 416 g/mol. The van der Waals surface area contributed by atoms with Crippen molar-refractivity contribution < 1.29 is 16.8 Å². The lowest BCUT2D eigenvalue weighted by atomic mass is 10.1. The van der Waals surface area contributed by atoms with Crippen molar-refractivity contribution in [2.45, 2.75) is 22.8 Å². The average Bonchev–Trinajstić information content (AvgIpc) is 2.53. The zero-order chi connectivity index (χ0) is 18.1. The standard InChI is InChI=1S/C15H17BrN2O4S2/c1-11(12-3-7-14(8-4-12)23(17,19)20)18(2)24(21,22)15-9-5-13(16)6-10-15/h3-11H,1-2H3,(H2,17,19,20)/t11-/m1/s1. The molecule has 1 atom stereocenters. The van der Waals surface area contributed by atoms with Gasteiger partial charge in [0.15, 0.2) is 0 Å². The number of rotatable bonds is 5. The van der Waals surface area contributed by atoms with Gasteiger partial charge in [0.2, 0.25) is 20.0 Å². The molecule has 0 aliphatic heterocycles. The molecule has 0 bridgehead atoms. The first kappa shape index (κ1) is 19.1. The van der Waals surface area contributed by atoms with E-state index in [9.17, 15) is 16.8 Å². The van der Waals surface area contributed by atoms with Crippen molar-refractivity contribution in [2.75, 3.05) is 7.05 Å². The molecule has 0 fully saturated rings. The molecule has 0 saturated carbocycles. The summed E-state index contributed by atoms with van der Waals surface area (Å²) >= 11 is 3.27. The molecule has 0 aliphatic rings. The molecule has 2 aromatic rings. The smallest absolute Gasteiger partial charge is 0.225 e. The van der Waals surface area contributed by atoms with Crippen LogP contribution in [0.25, 0.3) is 0 Å². The van der Waals surface area contributed by atoms with Gasteiger partial charge in [-0.15, -0.1) is 0 Å². The summed E-state index contributed by atoms with van der Waals surface area (Å²) in [5, 5.41) is 5.06. The minimum Gasteiger partial charge on any atom is -0.225 e. The van der Waals surface area contributed by atoms with Crippen LogP contribution in [0.4, 0.5) is 0 Å². The lowest BCUT2D eigenvalue weighted by Gasteiger charge is -2.25. The highest BCUT2D eigenvalue weighted by atomic mass is 79.9. The highest BCUT2D eigenvalue weighted by molar-refractivity contribution is 9.10. The van der Waals surface area contributed by atoms with E-state index in [-0.39, 0.29) is 9.79 Å².